The molecule has 0 aliphatic heterocycles. The number of aromatic nitrogens is 2. The molecule has 1 fully saturated rings. The fourth-order valence-electron chi connectivity index (χ4n) is 1.74. The van der Waals surface area contributed by atoms with Gasteiger partial charge in [0, 0.05) is 19.0 Å². The quantitative estimate of drug-likeness (QED) is 0.684. The van der Waals surface area contributed by atoms with Crippen molar-refractivity contribution in [3.05, 3.63) is 24.3 Å². The first-order chi connectivity index (χ1) is 6.71. The fourth-order valence-corrected chi connectivity index (χ4v) is 1.74. The molecule has 3 nitrogen and oxygen atoms in total. The van der Waals surface area contributed by atoms with Gasteiger partial charge in [-0.3, -0.25) is 4.79 Å². The number of rotatable bonds is 1. The number of carbonyl (C=O) groups excluding carboxylic acids is 1. The predicted molar refractivity (Wildman–Crippen MR) is 48.3 cm³/mol. The van der Waals surface area contributed by atoms with Crippen LogP contribution in [0.1, 0.15) is 31.4 Å². The van der Waals surface area contributed by atoms with Gasteiger partial charge in [0.25, 0.3) is 0 Å². The second-order valence-corrected chi connectivity index (χ2v) is 3.60. The van der Waals surface area contributed by atoms with E-state index in [-0.39, 0.29) is 18.6 Å². The summed E-state index contributed by atoms with van der Waals surface area (Å²) in [5.41, 5.74) is -1.02. The van der Waals surface area contributed by atoms with Crippen molar-refractivity contribution in [2.24, 2.45) is 0 Å². The second kappa shape index (κ2) is 3.44. The molecule has 1 heterocycles. The number of ketones is 1. The summed E-state index contributed by atoms with van der Waals surface area (Å²) in [6.07, 6.45) is 4.01. The van der Waals surface area contributed by atoms with E-state index in [0.29, 0.717) is 18.5 Å². The van der Waals surface area contributed by atoms with Crippen LogP contribution in [0.25, 0.3) is 0 Å². The third-order valence-electron chi connectivity index (χ3n) is 2.64. The molecule has 0 saturated heterocycles. The lowest BCUT2D eigenvalue weighted by atomic mass is 9.83. The highest BCUT2D eigenvalue weighted by atomic mass is 19.1. The van der Waals surface area contributed by atoms with Crippen LogP contribution in [0.3, 0.4) is 0 Å². The molecule has 0 atom stereocenters. The Balaban J connectivity index is 2.21. The highest BCUT2D eigenvalue weighted by Gasteiger charge is 2.37. The zero-order valence-electron chi connectivity index (χ0n) is 7.74. The normalized spacial score (nSPS) is 20.8. The van der Waals surface area contributed by atoms with Crippen molar-refractivity contribution < 1.29 is 9.18 Å². The molecule has 0 spiro atoms. The third kappa shape index (κ3) is 1.64. The van der Waals surface area contributed by atoms with Crippen LogP contribution in [0.5, 0.6) is 0 Å². The summed E-state index contributed by atoms with van der Waals surface area (Å²) < 4.78 is 14.2. The molecule has 1 saturated carbocycles. The van der Waals surface area contributed by atoms with Crippen LogP contribution in [0, 0.1) is 0 Å². The molecular weight excluding hydrogens is 183 g/mol. The molecule has 4 heteroatoms. The van der Waals surface area contributed by atoms with Gasteiger partial charge >= 0.3 is 0 Å². The maximum atomic E-state index is 14.2. The molecule has 14 heavy (non-hydrogen) atoms. The molecule has 0 aromatic carbocycles. The lowest BCUT2D eigenvalue weighted by molar-refractivity contribution is -0.123. The molecule has 1 aliphatic carbocycles. The summed E-state index contributed by atoms with van der Waals surface area (Å²) in [6, 6.07) is 1.58. The first kappa shape index (κ1) is 9.24. The molecule has 1 aromatic heterocycles. The van der Waals surface area contributed by atoms with E-state index < -0.39 is 5.67 Å². The minimum Gasteiger partial charge on any atom is -0.300 e. The molecule has 1 aromatic rings. The van der Waals surface area contributed by atoms with E-state index in [0.717, 1.165) is 0 Å². The Morgan fingerprint density at radius 1 is 1.36 bits per heavy atom. The SMILES string of the molecule is O=C1CCC(F)(c2ccncn2)CC1. The van der Waals surface area contributed by atoms with Crippen molar-refractivity contribution in [3.8, 4) is 0 Å². The molecule has 74 valence electrons. The van der Waals surface area contributed by atoms with E-state index in [1.165, 1.54) is 12.5 Å². The first-order valence-electron chi connectivity index (χ1n) is 4.68. The Hall–Kier alpha value is -1.32. The van der Waals surface area contributed by atoms with E-state index in [4.69, 9.17) is 0 Å². The monoisotopic (exact) mass is 194 g/mol. The molecular formula is C10H11FN2O. The third-order valence-corrected chi connectivity index (χ3v) is 2.64. The molecule has 0 bridgehead atoms. The summed E-state index contributed by atoms with van der Waals surface area (Å²) in [6.45, 7) is 0. The Morgan fingerprint density at radius 2 is 2.07 bits per heavy atom. The fraction of sp³-hybridized carbons (Fsp3) is 0.500. The van der Waals surface area contributed by atoms with E-state index in [9.17, 15) is 9.18 Å². The van der Waals surface area contributed by atoms with Gasteiger partial charge < -0.3 is 0 Å². The van der Waals surface area contributed by atoms with Crippen LogP contribution in [-0.2, 0) is 10.5 Å². The predicted octanol–water partition coefficient (Wildman–Crippen LogP) is 1.78. The number of alkyl halides is 1. The number of hydrogen-bond donors (Lipinski definition) is 0. The highest BCUT2D eigenvalue weighted by molar-refractivity contribution is 5.79. The first-order valence-corrected chi connectivity index (χ1v) is 4.68. The average Bonchev–Trinajstić information content (AvgIpc) is 2.24. The number of carbonyl (C=O) groups is 1. The summed E-state index contributed by atoms with van der Waals surface area (Å²) in [7, 11) is 0. The summed E-state index contributed by atoms with van der Waals surface area (Å²) in [4.78, 5) is 18.6. The number of nitrogens with zero attached hydrogens (tertiary/aromatic N) is 2. The Morgan fingerprint density at radius 3 is 2.64 bits per heavy atom. The zero-order chi connectivity index (χ0) is 10.0. The van der Waals surface area contributed by atoms with Crippen molar-refractivity contribution in [2.45, 2.75) is 31.4 Å². The van der Waals surface area contributed by atoms with Crippen LogP contribution in [0.15, 0.2) is 18.6 Å². The maximum Gasteiger partial charge on any atom is 0.153 e. The van der Waals surface area contributed by atoms with E-state index in [1.54, 1.807) is 6.07 Å². The van der Waals surface area contributed by atoms with Gasteiger partial charge in [-0.2, -0.15) is 0 Å². The smallest absolute Gasteiger partial charge is 0.153 e. The topological polar surface area (TPSA) is 42.9 Å². The minimum absolute atomic E-state index is 0.146. The van der Waals surface area contributed by atoms with Gasteiger partial charge in [-0.05, 0) is 18.9 Å². The Labute approximate surface area is 81.4 Å². The molecule has 0 N–H and O–H groups in total. The van der Waals surface area contributed by atoms with E-state index in [1.807, 2.05) is 0 Å². The minimum atomic E-state index is -1.42. The largest absolute Gasteiger partial charge is 0.300 e. The van der Waals surface area contributed by atoms with Crippen LogP contribution in [0.2, 0.25) is 0 Å². The highest BCUT2D eigenvalue weighted by Crippen LogP contribution is 2.38. The van der Waals surface area contributed by atoms with Crippen molar-refractivity contribution in [3.63, 3.8) is 0 Å². The van der Waals surface area contributed by atoms with Gasteiger partial charge in [0.05, 0.1) is 5.69 Å². The van der Waals surface area contributed by atoms with Gasteiger partial charge in [0.1, 0.15) is 12.1 Å². The molecule has 0 amide bonds. The maximum absolute atomic E-state index is 14.2. The van der Waals surface area contributed by atoms with Gasteiger partial charge in [-0.1, -0.05) is 0 Å². The number of hydrogen-bond acceptors (Lipinski definition) is 3. The van der Waals surface area contributed by atoms with E-state index in [2.05, 4.69) is 9.97 Å². The van der Waals surface area contributed by atoms with Gasteiger partial charge in [0.15, 0.2) is 5.67 Å². The Bertz CT molecular complexity index is 329. The zero-order valence-corrected chi connectivity index (χ0v) is 7.74. The summed E-state index contributed by atoms with van der Waals surface area (Å²) in [5.74, 6) is 0.146. The number of halogens is 1. The van der Waals surface area contributed by atoms with Crippen LogP contribution in [-0.4, -0.2) is 15.8 Å². The molecule has 0 unspecified atom stereocenters. The second-order valence-electron chi connectivity index (χ2n) is 3.60. The summed E-state index contributed by atoms with van der Waals surface area (Å²) >= 11 is 0. The molecule has 0 radical (unpaired) electrons. The van der Waals surface area contributed by atoms with Crippen molar-refractivity contribution in [1.29, 1.82) is 0 Å². The summed E-state index contributed by atoms with van der Waals surface area (Å²) in [5, 5.41) is 0. The van der Waals surface area contributed by atoms with E-state index >= 15 is 0 Å². The average molecular weight is 194 g/mol. The lowest BCUT2D eigenvalue weighted by Crippen LogP contribution is -2.28. The van der Waals surface area contributed by atoms with Gasteiger partial charge in [0.2, 0.25) is 0 Å². The van der Waals surface area contributed by atoms with Crippen molar-refractivity contribution >= 4 is 5.78 Å². The van der Waals surface area contributed by atoms with Crippen molar-refractivity contribution in [2.75, 3.05) is 0 Å². The van der Waals surface area contributed by atoms with Crippen LogP contribution in [0.4, 0.5) is 4.39 Å². The van der Waals surface area contributed by atoms with Crippen LogP contribution < -0.4 is 0 Å². The molecule has 1 aliphatic rings. The lowest BCUT2D eigenvalue weighted by Gasteiger charge is -2.27. The number of Topliss-reactive ketones (excluding diaryl/α,β-unsaturated/α-hetero) is 1. The van der Waals surface area contributed by atoms with Gasteiger partial charge in [-0.25, -0.2) is 14.4 Å². The van der Waals surface area contributed by atoms with Crippen molar-refractivity contribution in [1.82, 2.24) is 9.97 Å². The Kier molecular flexibility index (Phi) is 2.27. The van der Waals surface area contributed by atoms with Crippen LogP contribution >= 0.6 is 0 Å². The standard InChI is InChI=1S/C10H11FN2O/c11-10(4-1-8(14)2-5-10)9-3-6-12-7-13-9/h3,6-7H,1-2,4-5H2. The molecule has 2 rings (SSSR count). The van der Waals surface area contributed by atoms with Gasteiger partial charge in [-0.15, -0.1) is 0 Å².